The molecule has 0 amide bonds. The zero-order valence-electron chi connectivity index (χ0n) is 11.1. The Balaban J connectivity index is 2.16. The van der Waals surface area contributed by atoms with Crippen molar-refractivity contribution < 1.29 is 19.1 Å². The molecular weight excluding hydrogens is 280 g/mol. The van der Waals surface area contributed by atoms with E-state index in [4.69, 9.17) is 11.6 Å². The van der Waals surface area contributed by atoms with Crippen LogP contribution >= 0.6 is 11.6 Å². The van der Waals surface area contributed by atoms with Crippen LogP contribution < -0.4 is 0 Å². The van der Waals surface area contributed by atoms with Crippen molar-refractivity contribution in [2.24, 2.45) is 5.92 Å². The van der Waals surface area contributed by atoms with Crippen LogP contribution in [0.3, 0.4) is 0 Å². The number of allylic oxidation sites excluding steroid dienone is 6. The SMILES string of the molecule is CC(=O)OCC(=O)C1CCC2=C(C=C(Cl)C=CC2)C1=O. The molecule has 0 aromatic rings. The van der Waals surface area contributed by atoms with Crippen LogP contribution in [0.5, 0.6) is 0 Å². The lowest BCUT2D eigenvalue weighted by Crippen LogP contribution is -2.32. The van der Waals surface area contributed by atoms with Gasteiger partial charge in [0, 0.05) is 17.5 Å². The predicted molar refractivity (Wildman–Crippen MR) is 74.1 cm³/mol. The van der Waals surface area contributed by atoms with Crippen LogP contribution in [-0.2, 0) is 19.1 Å². The second kappa shape index (κ2) is 6.18. The molecular formula is C15H15ClO4. The van der Waals surface area contributed by atoms with E-state index >= 15 is 0 Å². The van der Waals surface area contributed by atoms with Crippen molar-refractivity contribution >= 4 is 29.1 Å². The number of Topliss-reactive ketones (excluding diaryl/α,β-unsaturated/α-hetero) is 2. The van der Waals surface area contributed by atoms with Crippen LogP contribution in [0.4, 0.5) is 0 Å². The quantitative estimate of drug-likeness (QED) is 0.592. The summed E-state index contributed by atoms with van der Waals surface area (Å²) in [5.74, 6) is -1.82. The summed E-state index contributed by atoms with van der Waals surface area (Å²) >= 11 is 5.97. The zero-order chi connectivity index (χ0) is 14.7. The number of ketones is 2. The van der Waals surface area contributed by atoms with Crippen LogP contribution in [0.1, 0.15) is 26.2 Å². The van der Waals surface area contributed by atoms with Gasteiger partial charge in [0.2, 0.25) is 0 Å². The van der Waals surface area contributed by atoms with Crippen molar-refractivity contribution in [3.8, 4) is 0 Å². The van der Waals surface area contributed by atoms with Gasteiger partial charge in [-0.25, -0.2) is 0 Å². The Morgan fingerprint density at radius 2 is 2.20 bits per heavy atom. The molecule has 0 aromatic heterocycles. The zero-order valence-corrected chi connectivity index (χ0v) is 11.9. The second-order valence-corrected chi connectivity index (χ2v) is 5.29. The molecule has 0 aromatic carbocycles. The lowest BCUT2D eigenvalue weighted by molar-refractivity contribution is -0.148. The first kappa shape index (κ1) is 14.7. The minimum absolute atomic E-state index is 0.217. The van der Waals surface area contributed by atoms with E-state index in [0.717, 1.165) is 5.57 Å². The van der Waals surface area contributed by atoms with Gasteiger partial charge in [-0.1, -0.05) is 23.3 Å². The molecule has 0 fully saturated rings. The highest BCUT2D eigenvalue weighted by molar-refractivity contribution is 6.32. The average molecular weight is 295 g/mol. The fraction of sp³-hybridized carbons (Fsp3) is 0.400. The van der Waals surface area contributed by atoms with E-state index in [0.29, 0.717) is 29.9 Å². The van der Waals surface area contributed by atoms with E-state index in [1.165, 1.54) is 6.92 Å². The molecule has 2 aliphatic carbocycles. The third kappa shape index (κ3) is 3.25. The third-order valence-electron chi connectivity index (χ3n) is 3.43. The molecule has 0 bridgehead atoms. The predicted octanol–water partition coefficient (Wildman–Crippen LogP) is 2.48. The van der Waals surface area contributed by atoms with Gasteiger partial charge in [0.15, 0.2) is 18.2 Å². The molecule has 0 radical (unpaired) electrons. The summed E-state index contributed by atoms with van der Waals surface area (Å²) in [5, 5.41) is 0.483. The monoisotopic (exact) mass is 294 g/mol. The van der Waals surface area contributed by atoms with Gasteiger partial charge in [-0.05, 0) is 31.4 Å². The van der Waals surface area contributed by atoms with E-state index in [-0.39, 0.29) is 18.2 Å². The van der Waals surface area contributed by atoms with Gasteiger partial charge in [0.05, 0.1) is 5.92 Å². The summed E-state index contributed by atoms with van der Waals surface area (Å²) < 4.78 is 4.68. The van der Waals surface area contributed by atoms with E-state index < -0.39 is 11.9 Å². The average Bonchev–Trinajstić information content (AvgIpc) is 2.58. The summed E-state index contributed by atoms with van der Waals surface area (Å²) in [6.45, 7) is 0.889. The molecule has 1 atom stereocenters. The second-order valence-electron chi connectivity index (χ2n) is 4.86. The highest BCUT2D eigenvalue weighted by Crippen LogP contribution is 2.33. The Kier molecular flexibility index (Phi) is 4.55. The van der Waals surface area contributed by atoms with E-state index in [2.05, 4.69) is 4.74 Å². The number of hydrogen-bond acceptors (Lipinski definition) is 4. The van der Waals surface area contributed by atoms with Crippen molar-refractivity contribution in [1.29, 1.82) is 0 Å². The Labute approximate surface area is 122 Å². The number of ether oxygens (including phenoxy) is 1. The molecule has 1 unspecified atom stereocenters. The molecule has 4 nitrogen and oxygen atoms in total. The Morgan fingerprint density at radius 1 is 1.45 bits per heavy atom. The van der Waals surface area contributed by atoms with Crippen molar-refractivity contribution in [2.45, 2.75) is 26.2 Å². The van der Waals surface area contributed by atoms with Gasteiger partial charge in [-0.2, -0.15) is 0 Å². The van der Waals surface area contributed by atoms with Gasteiger partial charge in [0.1, 0.15) is 0 Å². The number of carbonyl (C=O) groups excluding carboxylic acids is 3. The first-order chi connectivity index (χ1) is 9.49. The third-order valence-corrected chi connectivity index (χ3v) is 3.66. The first-order valence-electron chi connectivity index (χ1n) is 6.45. The summed E-state index contributed by atoms with van der Waals surface area (Å²) in [6, 6.07) is 0. The maximum absolute atomic E-state index is 12.4. The molecule has 5 heteroatoms. The summed E-state index contributed by atoms with van der Waals surface area (Å²) in [7, 11) is 0. The van der Waals surface area contributed by atoms with Gasteiger partial charge in [-0.3, -0.25) is 14.4 Å². The smallest absolute Gasteiger partial charge is 0.303 e. The van der Waals surface area contributed by atoms with Gasteiger partial charge >= 0.3 is 5.97 Å². The van der Waals surface area contributed by atoms with Crippen molar-refractivity contribution in [2.75, 3.05) is 6.61 Å². The van der Waals surface area contributed by atoms with Crippen molar-refractivity contribution in [1.82, 2.24) is 0 Å². The first-order valence-corrected chi connectivity index (χ1v) is 6.83. The molecule has 0 aliphatic heterocycles. The molecule has 0 N–H and O–H groups in total. The van der Waals surface area contributed by atoms with Crippen LogP contribution in [0, 0.1) is 5.92 Å². The highest BCUT2D eigenvalue weighted by atomic mass is 35.5. The van der Waals surface area contributed by atoms with Crippen LogP contribution in [0.25, 0.3) is 0 Å². The fourth-order valence-electron chi connectivity index (χ4n) is 2.41. The number of rotatable bonds is 3. The Morgan fingerprint density at radius 3 is 2.90 bits per heavy atom. The Hall–Kier alpha value is -1.68. The molecule has 0 saturated carbocycles. The van der Waals surface area contributed by atoms with Crippen molar-refractivity contribution in [3.63, 3.8) is 0 Å². The normalized spacial score (nSPS) is 22.0. The number of hydrogen-bond donors (Lipinski definition) is 0. The molecule has 0 heterocycles. The fourth-order valence-corrected chi connectivity index (χ4v) is 2.61. The van der Waals surface area contributed by atoms with Crippen LogP contribution in [0.2, 0.25) is 0 Å². The number of esters is 1. The van der Waals surface area contributed by atoms with E-state index in [9.17, 15) is 14.4 Å². The molecule has 2 rings (SSSR count). The van der Waals surface area contributed by atoms with Crippen LogP contribution in [0.15, 0.2) is 34.4 Å². The minimum atomic E-state index is -0.730. The highest BCUT2D eigenvalue weighted by Gasteiger charge is 2.33. The van der Waals surface area contributed by atoms with Gasteiger partial charge in [-0.15, -0.1) is 0 Å². The maximum Gasteiger partial charge on any atom is 0.303 e. The number of carbonyl (C=O) groups is 3. The lowest BCUT2D eigenvalue weighted by atomic mass is 9.80. The van der Waals surface area contributed by atoms with Gasteiger partial charge < -0.3 is 4.74 Å². The summed E-state index contributed by atoms with van der Waals surface area (Å²) in [4.78, 5) is 35.1. The molecule has 20 heavy (non-hydrogen) atoms. The summed E-state index contributed by atoms with van der Waals surface area (Å²) in [5.41, 5.74) is 1.55. The van der Waals surface area contributed by atoms with E-state index in [1.807, 2.05) is 6.08 Å². The lowest BCUT2D eigenvalue weighted by Gasteiger charge is -2.23. The Bertz CT molecular complexity index is 554. The van der Waals surface area contributed by atoms with Crippen LogP contribution in [-0.4, -0.2) is 24.1 Å². The molecule has 106 valence electrons. The molecule has 0 saturated heterocycles. The van der Waals surface area contributed by atoms with Crippen molar-refractivity contribution in [3.05, 3.63) is 34.4 Å². The van der Waals surface area contributed by atoms with Gasteiger partial charge in [0.25, 0.3) is 0 Å². The minimum Gasteiger partial charge on any atom is -0.458 e. The molecule has 0 spiro atoms. The summed E-state index contributed by atoms with van der Waals surface area (Å²) in [6.07, 6.45) is 7.12. The standard InChI is InChI=1S/C15H15ClO4/c1-9(17)20-8-14(18)12-6-5-10-3-2-4-11(16)7-13(10)15(12)19/h2,4,7,12H,3,5-6,8H2,1H3. The van der Waals surface area contributed by atoms with E-state index in [1.54, 1.807) is 12.2 Å². The topological polar surface area (TPSA) is 60.4 Å². The molecule has 2 aliphatic rings. The largest absolute Gasteiger partial charge is 0.458 e. The number of halogens is 1. The maximum atomic E-state index is 12.4.